The number of fused-ring (bicyclic) bond motifs is 6. The largest absolute Gasteiger partial charge is 0.309 e. The molecule has 2 heteroatoms. The number of hydrogen-bond acceptors (Lipinski definition) is 0. The highest BCUT2D eigenvalue weighted by Gasteiger charge is 2.14. The van der Waals surface area contributed by atoms with Crippen LogP contribution < -0.4 is 0 Å². The number of rotatable bonds is 6. The molecule has 0 amide bonds. The van der Waals surface area contributed by atoms with E-state index >= 15 is 0 Å². The first-order valence-corrected chi connectivity index (χ1v) is 18.7. The number of hydrogen-bond donors (Lipinski definition) is 0. The minimum absolute atomic E-state index is 1.17. The van der Waals surface area contributed by atoms with E-state index in [4.69, 9.17) is 0 Å². The smallest absolute Gasteiger partial charge is 0.0541 e. The lowest BCUT2D eigenvalue weighted by Gasteiger charge is -2.10. The third-order valence-corrected chi connectivity index (χ3v) is 10.8. The molecule has 10 aromatic rings. The Bertz CT molecular complexity index is 2910. The van der Waals surface area contributed by atoms with Crippen LogP contribution in [0.15, 0.2) is 182 Å². The second-order valence-electron chi connectivity index (χ2n) is 14.4. The van der Waals surface area contributed by atoms with E-state index in [9.17, 15) is 0 Å². The maximum Gasteiger partial charge on any atom is 0.0541 e. The summed E-state index contributed by atoms with van der Waals surface area (Å²) in [5.41, 5.74) is 17.0. The van der Waals surface area contributed by atoms with E-state index in [2.05, 4.69) is 217 Å². The fourth-order valence-electron chi connectivity index (χ4n) is 8.12. The monoisotopic (exact) mass is 690 g/mol. The number of benzene rings is 8. The Morgan fingerprint density at radius 2 is 0.759 bits per heavy atom. The van der Waals surface area contributed by atoms with Crippen molar-refractivity contribution in [2.75, 3.05) is 0 Å². The van der Waals surface area contributed by atoms with Gasteiger partial charge in [-0.05, 0) is 108 Å². The van der Waals surface area contributed by atoms with Gasteiger partial charge in [0.2, 0.25) is 0 Å². The van der Waals surface area contributed by atoms with Gasteiger partial charge in [0.1, 0.15) is 0 Å². The van der Waals surface area contributed by atoms with Gasteiger partial charge in [0, 0.05) is 32.9 Å². The molecule has 0 bridgehead atoms. The molecule has 0 aliphatic heterocycles. The molecule has 0 radical (unpaired) electrons. The first-order chi connectivity index (χ1) is 26.6. The lowest BCUT2D eigenvalue weighted by molar-refractivity contribution is 1.18. The molecule has 0 N–H and O–H groups in total. The SMILES string of the molecule is Cc1ccc2c(c1)c1cc(C)ccc1n2-c1ccc(-c2ccc(C=Cc3ccc(-c4cccc(-n5c6ccccc6c6ccccc65)c4)cc3)cc2)cc1. The molecule has 54 heavy (non-hydrogen) atoms. The highest BCUT2D eigenvalue weighted by molar-refractivity contribution is 6.10. The lowest BCUT2D eigenvalue weighted by Crippen LogP contribution is -1.94. The first-order valence-electron chi connectivity index (χ1n) is 18.7. The zero-order chi connectivity index (χ0) is 36.2. The maximum atomic E-state index is 2.39. The van der Waals surface area contributed by atoms with Crippen LogP contribution in [-0.4, -0.2) is 9.13 Å². The van der Waals surface area contributed by atoms with Gasteiger partial charge in [0.25, 0.3) is 0 Å². The summed E-state index contributed by atoms with van der Waals surface area (Å²) in [7, 11) is 0. The topological polar surface area (TPSA) is 9.86 Å². The molecule has 0 saturated heterocycles. The van der Waals surface area contributed by atoms with Crippen LogP contribution in [0.3, 0.4) is 0 Å². The van der Waals surface area contributed by atoms with E-state index < -0.39 is 0 Å². The van der Waals surface area contributed by atoms with Gasteiger partial charge in [-0.1, -0.05) is 145 Å². The summed E-state index contributed by atoms with van der Waals surface area (Å²) in [6.07, 6.45) is 4.38. The van der Waals surface area contributed by atoms with Crippen molar-refractivity contribution in [3.63, 3.8) is 0 Å². The summed E-state index contributed by atoms with van der Waals surface area (Å²) in [5, 5.41) is 5.16. The summed E-state index contributed by atoms with van der Waals surface area (Å²) in [6.45, 7) is 4.33. The van der Waals surface area contributed by atoms with Crippen molar-refractivity contribution < 1.29 is 0 Å². The van der Waals surface area contributed by atoms with E-state index in [-0.39, 0.29) is 0 Å². The van der Waals surface area contributed by atoms with Crippen molar-refractivity contribution in [1.29, 1.82) is 0 Å². The Kier molecular flexibility index (Phi) is 7.63. The van der Waals surface area contributed by atoms with Gasteiger partial charge >= 0.3 is 0 Å². The average Bonchev–Trinajstić information content (AvgIpc) is 3.73. The molecule has 8 aromatic carbocycles. The average molecular weight is 691 g/mol. The van der Waals surface area contributed by atoms with E-state index in [0.29, 0.717) is 0 Å². The molecule has 0 fully saturated rings. The van der Waals surface area contributed by atoms with Gasteiger partial charge < -0.3 is 9.13 Å². The second-order valence-corrected chi connectivity index (χ2v) is 14.4. The van der Waals surface area contributed by atoms with Crippen LogP contribution >= 0.6 is 0 Å². The van der Waals surface area contributed by atoms with E-state index in [0.717, 1.165) is 0 Å². The molecule has 0 spiro atoms. The number of nitrogens with zero attached hydrogens (tertiary/aromatic N) is 2. The summed E-state index contributed by atoms with van der Waals surface area (Å²) in [4.78, 5) is 0. The fraction of sp³-hybridized carbons (Fsp3) is 0.0385. The van der Waals surface area contributed by atoms with E-state index in [1.807, 2.05) is 0 Å². The Morgan fingerprint density at radius 3 is 1.30 bits per heavy atom. The Labute approximate surface area is 315 Å². The predicted octanol–water partition coefficient (Wildman–Crippen LogP) is 14.0. The Morgan fingerprint density at radius 1 is 0.315 bits per heavy atom. The highest BCUT2D eigenvalue weighted by atomic mass is 15.0. The van der Waals surface area contributed by atoms with E-state index in [1.165, 1.54) is 99.5 Å². The number of aryl methyl sites for hydroxylation is 2. The van der Waals surface area contributed by atoms with Gasteiger partial charge in [-0.15, -0.1) is 0 Å². The maximum absolute atomic E-state index is 2.39. The zero-order valence-electron chi connectivity index (χ0n) is 30.4. The normalized spacial score (nSPS) is 11.8. The van der Waals surface area contributed by atoms with Gasteiger partial charge in [0.05, 0.1) is 22.1 Å². The fourth-order valence-corrected chi connectivity index (χ4v) is 8.12. The Balaban J connectivity index is 0.868. The van der Waals surface area contributed by atoms with Gasteiger partial charge in [-0.25, -0.2) is 0 Å². The van der Waals surface area contributed by atoms with Crippen LogP contribution in [0.1, 0.15) is 22.3 Å². The minimum Gasteiger partial charge on any atom is -0.309 e. The molecule has 10 rings (SSSR count). The standard InChI is InChI=1S/C52H38N2/c1-35-14-30-51-47(32-35)48-33-36(2)15-31-52(48)53(51)43-28-26-40(27-29-43)39-22-18-37(19-23-39)16-17-38-20-24-41(25-21-38)42-8-7-9-44(34-42)54-49-12-5-3-10-45(49)46-11-4-6-13-50(46)54/h3-34H,1-2H3. The number of para-hydroxylation sites is 2. The summed E-state index contributed by atoms with van der Waals surface area (Å²) in [5.74, 6) is 0. The zero-order valence-corrected chi connectivity index (χ0v) is 30.4. The summed E-state index contributed by atoms with van der Waals surface area (Å²) >= 11 is 0. The third kappa shape index (κ3) is 5.52. The molecule has 0 atom stereocenters. The second kappa shape index (κ2) is 12.9. The van der Waals surface area contributed by atoms with Crippen molar-refractivity contribution in [2.24, 2.45) is 0 Å². The van der Waals surface area contributed by atoms with Crippen LogP contribution in [0.2, 0.25) is 0 Å². The summed E-state index contributed by atoms with van der Waals surface area (Å²) < 4.78 is 4.76. The van der Waals surface area contributed by atoms with Crippen LogP contribution in [0.25, 0.3) is 89.4 Å². The molecular formula is C52H38N2. The van der Waals surface area contributed by atoms with Gasteiger partial charge in [-0.3, -0.25) is 0 Å². The van der Waals surface area contributed by atoms with Crippen molar-refractivity contribution in [2.45, 2.75) is 13.8 Å². The molecular weight excluding hydrogens is 653 g/mol. The molecule has 2 aromatic heterocycles. The molecule has 2 heterocycles. The van der Waals surface area contributed by atoms with Gasteiger partial charge in [0.15, 0.2) is 0 Å². The van der Waals surface area contributed by atoms with Crippen LogP contribution in [-0.2, 0) is 0 Å². The molecule has 256 valence electrons. The summed E-state index contributed by atoms with van der Waals surface area (Å²) in [6, 6.07) is 66.4. The molecule has 0 aliphatic carbocycles. The van der Waals surface area contributed by atoms with E-state index in [1.54, 1.807) is 0 Å². The molecule has 0 unspecified atom stereocenters. The first kappa shape index (κ1) is 31.8. The van der Waals surface area contributed by atoms with Crippen molar-refractivity contribution in [3.8, 4) is 33.6 Å². The van der Waals surface area contributed by atoms with Crippen LogP contribution in [0.5, 0.6) is 0 Å². The van der Waals surface area contributed by atoms with Gasteiger partial charge in [-0.2, -0.15) is 0 Å². The molecule has 0 aliphatic rings. The Hall–Kier alpha value is -6.90. The highest BCUT2D eigenvalue weighted by Crippen LogP contribution is 2.35. The molecule has 0 saturated carbocycles. The van der Waals surface area contributed by atoms with Crippen LogP contribution in [0.4, 0.5) is 0 Å². The lowest BCUT2D eigenvalue weighted by atomic mass is 10.0. The van der Waals surface area contributed by atoms with Crippen molar-refractivity contribution >= 4 is 55.8 Å². The minimum atomic E-state index is 1.17. The van der Waals surface area contributed by atoms with Crippen molar-refractivity contribution in [3.05, 3.63) is 204 Å². The number of aromatic nitrogens is 2. The predicted molar refractivity (Wildman–Crippen MR) is 231 cm³/mol. The third-order valence-electron chi connectivity index (χ3n) is 10.8. The van der Waals surface area contributed by atoms with Crippen molar-refractivity contribution in [1.82, 2.24) is 9.13 Å². The quantitative estimate of drug-likeness (QED) is 0.154. The molecule has 2 nitrogen and oxygen atoms in total. The van der Waals surface area contributed by atoms with Crippen LogP contribution in [0, 0.1) is 13.8 Å².